The summed E-state index contributed by atoms with van der Waals surface area (Å²) in [5.74, 6) is 0. The highest BCUT2D eigenvalue weighted by atomic mass is 32.2. The summed E-state index contributed by atoms with van der Waals surface area (Å²) in [7, 11) is 0. The minimum atomic E-state index is 0.763. The van der Waals surface area contributed by atoms with Crippen LogP contribution >= 0.6 is 24.0 Å². The maximum absolute atomic E-state index is 10.7. The van der Waals surface area contributed by atoms with Crippen molar-refractivity contribution in [3.63, 3.8) is 0 Å². The Balaban J connectivity index is 2.85. The number of fused-ring (bicyclic) bond motifs is 1. The first kappa shape index (κ1) is 8.78. The van der Waals surface area contributed by atoms with Gasteiger partial charge < -0.3 is 0 Å². The third kappa shape index (κ3) is 1.38. The number of thiol groups is 1. The molecule has 0 aliphatic carbocycles. The van der Waals surface area contributed by atoms with Gasteiger partial charge in [-0.1, -0.05) is 0 Å². The molecule has 0 bridgehead atoms. The summed E-state index contributed by atoms with van der Waals surface area (Å²) in [6, 6.07) is 5.83. The lowest BCUT2D eigenvalue weighted by atomic mass is 10.1. The van der Waals surface area contributed by atoms with E-state index in [2.05, 4.69) is 12.6 Å². The molecule has 0 spiro atoms. The van der Waals surface area contributed by atoms with Gasteiger partial charge in [0, 0.05) is 10.3 Å². The van der Waals surface area contributed by atoms with Crippen molar-refractivity contribution in [2.45, 2.75) is 11.1 Å². The Bertz CT molecular complexity index is 471. The van der Waals surface area contributed by atoms with Crippen molar-refractivity contribution in [1.29, 1.82) is 0 Å². The molecule has 13 heavy (non-hydrogen) atoms. The average molecular weight is 208 g/mol. The molecule has 0 atom stereocenters. The van der Waals surface area contributed by atoms with Crippen molar-refractivity contribution >= 4 is 40.3 Å². The van der Waals surface area contributed by atoms with Gasteiger partial charge in [-0.25, -0.2) is 0 Å². The van der Waals surface area contributed by atoms with Crippen LogP contribution in [0.3, 0.4) is 0 Å². The number of carbonyl (C=O) groups excluding carboxylic acids is 1. The lowest BCUT2D eigenvalue weighted by molar-refractivity contribution is 0.112. The van der Waals surface area contributed by atoms with Crippen molar-refractivity contribution in [3.8, 4) is 0 Å². The zero-order valence-corrected chi connectivity index (χ0v) is 8.78. The molecule has 1 heterocycles. The Morgan fingerprint density at radius 3 is 2.92 bits per heavy atom. The van der Waals surface area contributed by atoms with E-state index in [1.54, 1.807) is 11.3 Å². The molecule has 1 aromatic heterocycles. The largest absolute Gasteiger partial charge is 0.298 e. The number of thiophene rings is 1. The van der Waals surface area contributed by atoms with Crippen LogP contribution in [0.15, 0.2) is 22.4 Å². The van der Waals surface area contributed by atoms with Crippen LogP contribution in [-0.2, 0) is 0 Å². The number of carbonyl (C=O) groups is 1. The van der Waals surface area contributed by atoms with Crippen molar-refractivity contribution in [2.24, 2.45) is 0 Å². The van der Waals surface area contributed by atoms with E-state index >= 15 is 0 Å². The maximum Gasteiger partial charge on any atom is 0.150 e. The fraction of sp³-hybridized carbons (Fsp3) is 0.100. The Kier molecular flexibility index (Phi) is 2.14. The number of aryl methyl sites for hydroxylation is 1. The highest BCUT2D eigenvalue weighted by molar-refractivity contribution is 7.83. The molecule has 2 rings (SSSR count). The second kappa shape index (κ2) is 3.16. The summed E-state index contributed by atoms with van der Waals surface area (Å²) in [5.41, 5.74) is 1.81. The van der Waals surface area contributed by atoms with Crippen LogP contribution in [0.2, 0.25) is 0 Å². The molecule has 0 aliphatic heterocycles. The summed E-state index contributed by atoms with van der Waals surface area (Å²) in [4.78, 5) is 10.7. The van der Waals surface area contributed by atoms with Gasteiger partial charge in [0.25, 0.3) is 0 Å². The van der Waals surface area contributed by atoms with E-state index in [0.29, 0.717) is 0 Å². The normalized spacial score (nSPS) is 10.6. The van der Waals surface area contributed by atoms with Crippen LogP contribution in [-0.4, -0.2) is 6.29 Å². The monoisotopic (exact) mass is 208 g/mol. The van der Waals surface area contributed by atoms with E-state index in [9.17, 15) is 4.79 Å². The average Bonchev–Trinajstić information content (AvgIpc) is 2.47. The first-order chi connectivity index (χ1) is 6.22. The van der Waals surface area contributed by atoms with Gasteiger partial charge in [0.05, 0.1) is 4.21 Å². The van der Waals surface area contributed by atoms with Crippen molar-refractivity contribution in [3.05, 3.63) is 29.3 Å². The first-order valence-electron chi connectivity index (χ1n) is 3.89. The molecule has 0 saturated carbocycles. The Hall–Kier alpha value is -0.800. The van der Waals surface area contributed by atoms with Gasteiger partial charge in [-0.2, -0.15) is 0 Å². The number of benzene rings is 1. The highest BCUT2D eigenvalue weighted by Crippen LogP contribution is 2.31. The Labute approximate surface area is 85.8 Å². The molecule has 0 saturated heterocycles. The lowest BCUT2D eigenvalue weighted by Crippen LogP contribution is -1.84. The van der Waals surface area contributed by atoms with Gasteiger partial charge in [0.2, 0.25) is 0 Å². The molecule has 1 nitrogen and oxygen atoms in total. The smallest absolute Gasteiger partial charge is 0.150 e. The summed E-state index contributed by atoms with van der Waals surface area (Å²) >= 11 is 5.92. The number of aldehydes is 1. The number of hydrogen-bond donors (Lipinski definition) is 1. The zero-order chi connectivity index (χ0) is 9.42. The fourth-order valence-corrected chi connectivity index (χ4v) is 2.67. The summed E-state index contributed by atoms with van der Waals surface area (Å²) in [6.45, 7) is 1.96. The molecular formula is C10H8OS2. The van der Waals surface area contributed by atoms with E-state index in [4.69, 9.17) is 0 Å². The third-order valence-electron chi connectivity index (χ3n) is 2.13. The van der Waals surface area contributed by atoms with Crippen molar-refractivity contribution in [1.82, 2.24) is 0 Å². The minimum absolute atomic E-state index is 0.763. The van der Waals surface area contributed by atoms with Gasteiger partial charge in [-0.05, 0) is 36.1 Å². The van der Waals surface area contributed by atoms with Crippen LogP contribution in [0.5, 0.6) is 0 Å². The van der Waals surface area contributed by atoms with Crippen LogP contribution in [0.1, 0.15) is 15.9 Å². The van der Waals surface area contributed by atoms with Gasteiger partial charge >= 0.3 is 0 Å². The predicted molar refractivity (Wildman–Crippen MR) is 59.2 cm³/mol. The molecule has 1 aromatic carbocycles. The molecule has 0 N–H and O–H groups in total. The zero-order valence-electron chi connectivity index (χ0n) is 7.07. The summed E-state index contributed by atoms with van der Waals surface area (Å²) in [6.07, 6.45) is 0.893. The number of rotatable bonds is 1. The van der Waals surface area contributed by atoms with Crippen LogP contribution < -0.4 is 0 Å². The van der Waals surface area contributed by atoms with Crippen molar-refractivity contribution in [2.75, 3.05) is 0 Å². The molecule has 2 aromatic rings. The standard InChI is InChI=1S/C10H8OS2/c1-6-7(5-11)2-3-9-8(6)4-10(12)13-9/h2-5,12H,1H3. The van der Waals surface area contributed by atoms with Gasteiger partial charge in [0.15, 0.2) is 0 Å². The molecular weight excluding hydrogens is 200 g/mol. The van der Waals surface area contributed by atoms with Crippen molar-refractivity contribution < 1.29 is 4.79 Å². The molecule has 66 valence electrons. The predicted octanol–water partition coefficient (Wildman–Crippen LogP) is 3.31. The van der Waals surface area contributed by atoms with E-state index in [1.807, 2.05) is 25.1 Å². The maximum atomic E-state index is 10.7. The first-order valence-corrected chi connectivity index (χ1v) is 5.16. The van der Waals surface area contributed by atoms with E-state index < -0.39 is 0 Å². The molecule has 0 amide bonds. The Morgan fingerprint density at radius 1 is 1.46 bits per heavy atom. The van der Waals surface area contributed by atoms with Crippen LogP contribution in [0, 0.1) is 6.92 Å². The van der Waals surface area contributed by atoms with E-state index in [1.165, 1.54) is 4.70 Å². The summed E-state index contributed by atoms with van der Waals surface area (Å²) in [5, 5.41) is 1.14. The van der Waals surface area contributed by atoms with Gasteiger partial charge in [-0.15, -0.1) is 24.0 Å². The number of hydrogen-bond acceptors (Lipinski definition) is 3. The minimum Gasteiger partial charge on any atom is -0.298 e. The second-order valence-corrected chi connectivity index (χ2v) is 4.76. The lowest BCUT2D eigenvalue weighted by Gasteiger charge is -1.98. The van der Waals surface area contributed by atoms with E-state index in [-0.39, 0.29) is 0 Å². The van der Waals surface area contributed by atoms with Crippen LogP contribution in [0.4, 0.5) is 0 Å². The highest BCUT2D eigenvalue weighted by Gasteiger charge is 2.05. The van der Waals surface area contributed by atoms with Gasteiger partial charge in [0.1, 0.15) is 6.29 Å². The SMILES string of the molecule is Cc1c(C=O)ccc2sc(S)cc12. The topological polar surface area (TPSA) is 17.1 Å². The second-order valence-electron chi connectivity index (χ2n) is 2.89. The third-order valence-corrected chi connectivity index (χ3v) is 3.43. The fourth-order valence-electron chi connectivity index (χ4n) is 1.38. The quantitative estimate of drug-likeness (QED) is 0.562. The molecule has 0 radical (unpaired) electrons. The molecule has 0 unspecified atom stereocenters. The summed E-state index contributed by atoms with van der Waals surface area (Å²) < 4.78 is 2.18. The van der Waals surface area contributed by atoms with E-state index in [0.717, 1.165) is 27.0 Å². The Morgan fingerprint density at radius 2 is 2.23 bits per heavy atom. The molecule has 0 fully saturated rings. The van der Waals surface area contributed by atoms with Crippen LogP contribution in [0.25, 0.3) is 10.1 Å². The molecule has 0 aliphatic rings. The van der Waals surface area contributed by atoms with Gasteiger partial charge in [-0.3, -0.25) is 4.79 Å². The molecule has 3 heteroatoms.